The second-order valence-corrected chi connectivity index (χ2v) is 2.47. The lowest BCUT2D eigenvalue weighted by Crippen LogP contribution is -2.33. The number of ether oxygens (including phenoxy) is 2. The van der Waals surface area contributed by atoms with Gasteiger partial charge in [0.15, 0.2) is 17.5 Å². The fourth-order valence-electron chi connectivity index (χ4n) is 0.868. The van der Waals surface area contributed by atoms with Crippen molar-refractivity contribution in [2.45, 2.75) is 6.92 Å². The smallest absolute Gasteiger partial charge is 0.323 e. The van der Waals surface area contributed by atoms with Gasteiger partial charge in [0.25, 0.3) is 0 Å². The molecule has 0 aliphatic heterocycles. The van der Waals surface area contributed by atoms with Gasteiger partial charge in [-0.05, 0) is 6.92 Å². The van der Waals surface area contributed by atoms with Gasteiger partial charge in [0.05, 0.1) is 7.11 Å². The van der Waals surface area contributed by atoms with Gasteiger partial charge < -0.3 is 9.47 Å². The summed E-state index contributed by atoms with van der Waals surface area (Å²) in [7, 11) is 2.44. The molecule has 0 N–H and O–H groups in total. The van der Waals surface area contributed by atoms with E-state index in [9.17, 15) is 14.4 Å². The van der Waals surface area contributed by atoms with Crippen LogP contribution in [0.4, 0.5) is 0 Å². The fraction of sp³-hybridized carbons (Fsp3) is 0.625. The first-order valence-corrected chi connectivity index (χ1v) is 3.64. The van der Waals surface area contributed by atoms with Crippen LogP contribution in [-0.4, -0.2) is 38.4 Å². The van der Waals surface area contributed by atoms with Crippen LogP contribution in [0.2, 0.25) is 0 Å². The van der Waals surface area contributed by atoms with Gasteiger partial charge in [-0.1, -0.05) is 0 Å². The van der Waals surface area contributed by atoms with E-state index in [0.717, 1.165) is 14.0 Å². The molecular formula is C8H12O5. The van der Waals surface area contributed by atoms with Gasteiger partial charge in [0, 0.05) is 7.11 Å². The number of Topliss-reactive ketones (excluding diaryl/α,β-unsaturated/α-hetero) is 2. The molecule has 0 bridgehead atoms. The van der Waals surface area contributed by atoms with Gasteiger partial charge in [-0.25, -0.2) is 0 Å². The number of methoxy groups -OCH3 is 2. The summed E-state index contributed by atoms with van der Waals surface area (Å²) in [5.41, 5.74) is 0. The number of hydrogen-bond acceptors (Lipinski definition) is 5. The van der Waals surface area contributed by atoms with Crippen molar-refractivity contribution in [2.75, 3.05) is 20.8 Å². The second-order valence-electron chi connectivity index (χ2n) is 2.47. The van der Waals surface area contributed by atoms with Gasteiger partial charge in [0.1, 0.15) is 6.61 Å². The lowest BCUT2D eigenvalue weighted by atomic mass is 10.0. The predicted molar refractivity (Wildman–Crippen MR) is 43.1 cm³/mol. The maximum absolute atomic E-state index is 11.1. The van der Waals surface area contributed by atoms with E-state index < -0.39 is 23.5 Å². The largest absolute Gasteiger partial charge is 0.468 e. The highest BCUT2D eigenvalue weighted by Gasteiger charge is 2.31. The Morgan fingerprint density at radius 3 is 2.08 bits per heavy atom. The molecule has 0 saturated carbocycles. The summed E-state index contributed by atoms with van der Waals surface area (Å²) in [5.74, 6) is -3.30. The monoisotopic (exact) mass is 188 g/mol. The lowest BCUT2D eigenvalue weighted by Gasteiger charge is -2.08. The van der Waals surface area contributed by atoms with E-state index >= 15 is 0 Å². The van der Waals surface area contributed by atoms with Crippen molar-refractivity contribution >= 4 is 17.5 Å². The molecule has 1 atom stereocenters. The Morgan fingerprint density at radius 1 is 1.23 bits per heavy atom. The minimum absolute atomic E-state index is 0.265. The number of esters is 1. The Hall–Kier alpha value is -1.23. The van der Waals surface area contributed by atoms with E-state index in [-0.39, 0.29) is 6.61 Å². The predicted octanol–water partition coefficient (Wildman–Crippen LogP) is -0.420. The summed E-state index contributed by atoms with van der Waals surface area (Å²) < 4.78 is 8.82. The van der Waals surface area contributed by atoms with E-state index in [1.165, 1.54) is 7.11 Å². The fourth-order valence-corrected chi connectivity index (χ4v) is 0.868. The maximum atomic E-state index is 11.1. The Labute approximate surface area is 76.0 Å². The minimum Gasteiger partial charge on any atom is -0.468 e. The molecule has 0 aromatic rings. The van der Waals surface area contributed by atoms with E-state index in [0.29, 0.717) is 0 Å². The number of ketones is 2. The lowest BCUT2D eigenvalue weighted by molar-refractivity contribution is -0.153. The molecule has 5 heteroatoms. The molecule has 13 heavy (non-hydrogen) atoms. The second kappa shape index (κ2) is 5.42. The molecule has 0 fully saturated rings. The van der Waals surface area contributed by atoms with Crippen LogP contribution in [0.25, 0.3) is 0 Å². The van der Waals surface area contributed by atoms with E-state index in [1.807, 2.05) is 0 Å². The average molecular weight is 188 g/mol. The van der Waals surface area contributed by atoms with Gasteiger partial charge >= 0.3 is 5.97 Å². The highest BCUT2D eigenvalue weighted by molar-refractivity contribution is 6.16. The molecule has 0 amide bonds. The molecule has 0 aliphatic rings. The van der Waals surface area contributed by atoms with Crippen LogP contribution in [0.15, 0.2) is 0 Å². The number of carbonyl (C=O) groups excluding carboxylic acids is 3. The van der Waals surface area contributed by atoms with Crippen molar-refractivity contribution in [3.8, 4) is 0 Å². The Balaban J connectivity index is 4.51. The molecule has 0 spiro atoms. The Bertz CT molecular complexity index is 221. The Kier molecular flexibility index (Phi) is 4.91. The van der Waals surface area contributed by atoms with Crippen LogP contribution in [0.5, 0.6) is 0 Å². The van der Waals surface area contributed by atoms with Gasteiger partial charge in [-0.15, -0.1) is 0 Å². The van der Waals surface area contributed by atoms with Crippen molar-refractivity contribution in [1.29, 1.82) is 0 Å². The summed E-state index contributed by atoms with van der Waals surface area (Å²) in [5, 5.41) is 0. The zero-order chi connectivity index (χ0) is 10.4. The van der Waals surface area contributed by atoms with Gasteiger partial charge in [0.2, 0.25) is 0 Å². The highest BCUT2D eigenvalue weighted by Crippen LogP contribution is 2.03. The molecule has 74 valence electrons. The maximum Gasteiger partial charge on any atom is 0.323 e. The van der Waals surface area contributed by atoms with Crippen molar-refractivity contribution in [3.63, 3.8) is 0 Å². The van der Waals surface area contributed by atoms with Crippen LogP contribution in [0.1, 0.15) is 6.92 Å². The molecule has 5 nitrogen and oxygen atoms in total. The van der Waals surface area contributed by atoms with E-state index in [4.69, 9.17) is 0 Å². The SMILES string of the molecule is COCC(=O)C(C(C)=O)C(=O)OC. The van der Waals surface area contributed by atoms with E-state index in [1.54, 1.807) is 0 Å². The van der Waals surface area contributed by atoms with Crippen molar-refractivity contribution in [1.82, 2.24) is 0 Å². The number of rotatable bonds is 5. The van der Waals surface area contributed by atoms with Gasteiger partial charge in [-0.2, -0.15) is 0 Å². The standard InChI is InChI=1S/C8H12O5/c1-5(9)7(8(11)13-3)6(10)4-12-2/h7H,4H2,1-3H3. The summed E-state index contributed by atoms with van der Waals surface area (Å²) in [6.45, 7) is 0.897. The molecule has 0 saturated heterocycles. The zero-order valence-corrected chi connectivity index (χ0v) is 7.83. The van der Waals surface area contributed by atoms with Crippen LogP contribution in [0, 0.1) is 5.92 Å². The van der Waals surface area contributed by atoms with Crippen molar-refractivity contribution in [3.05, 3.63) is 0 Å². The Morgan fingerprint density at radius 2 is 1.77 bits per heavy atom. The molecule has 0 radical (unpaired) electrons. The zero-order valence-electron chi connectivity index (χ0n) is 7.83. The van der Waals surface area contributed by atoms with E-state index in [2.05, 4.69) is 9.47 Å². The van der Waals surface area contributed by atoms with Crippen LogP contribution >= 0.6 is 0 Å². The van der Waals surface area contributed by atoms with Crippen molar-refractivity contribution in [2.24, 2.45) is 5.92 Å². The highest BCUT2D eigenvalue weighted by atomic mass is 16.5. The van der Waals surface area contributed by atoms with Crippen LogP contribution in [0.3, 0.4) is 0 Å². The third kappa shape index (κ3) is 3.33. The number of hydrogen-bond donors (Lipinski definition) is 0. The third-order valence-electron chi connectivity index (χ3n) is 1.45. The topological polar surface area (TPSA) is 69.7 Å². The first kappa shape index (κ1) is 11.8. The molecule has 0 heterocycles. The third-order valence-corrected chi connectivity index (χ3v) is 1.45. The van der Waals surface area contributed by atoms with Crippen LogP contribution < -0.4 is 0 Å². The number of carbonyl (C=O) groups is 3. The first-order chi connectivity index (χ1) is 6.04. The molecule has 0 rings (SSSR count). The first-order valence-electron chi connectivity index (χ1n) is 3.64. The quantitative estimate of drug-likeness (QED) is 0.433. The molecule has 0 aliphatic carbocycles. The van der Waals surface area contributed by atoms with Gasteiger partial charge in [-0.3, -0.25) is 14.4 Å². The average Bonchev–Trinajstić information content (AvgIpc) is 2.04. The molecule has 1 unspecified atom stereocenters. The summed E-state index contributed by atoms with van der Waals surface area (Å²) in [6.07, 6.45) is 0. The van der Waals surface area contributed by atoms with Crippen LogP contribution in [-0.2, 0) is 23.9 Å². The van der Waals surface area contributed by atoms with Crippen molar-refractivity contribution < 1.29 is 23.9 Å². The minimum atomic E-state index is -1.34. The normalized spacial score (nSPS) is 11.9. The summed E-state index contributed by atoms with van der Waals surface area (Å²) >= 11 is 0. The molecular weight excluding hydrogens is 176 g/mol. The molecule has 0 aromatic carbocycles. The molecule has 0 aromatic heterocycles. The summed E-state index contributed by atoms with van der Waals surface area (Å²) in [4.78, 5) is 33.0. The summed E-state index contributed by atoms with van der Waals surface area (Å²) in [6, 6.07) is 0.